The highest BCUT2D eigenvalue weighted by Gasteiger charge is 2.03. The van der Waals surface area contributed by atoms with Crippen molar-refractivity contribution in [2.45, 2.75) is 19.8 Å². The third-order valence-electron chi connectivity index (χ3n) is 3.86. The highest BCUT2D eigenvalue weighted by molar-refractivity contribution is 5.79. The van der Waals surface area contributed by atoms with Crippen molar-refractivity contribution in [1.82, 2.24) is 15.5 Å². The van der Waals surface area contributed by atoms with Gasteiger partial charge in [0.25, 0.3) is 0 Å². The van der Waals surface area contributed by atoms with Crippen molar-refractivity contribution in [3.8, 4) is 5.75 Å². The molecule has 6 heteroatoms. The molecular weight excluding hydrogens is 316 g/mol. The van der Waals surface area contributed by atoms with E-state index in [0.29, 0.717) is 0 Å². The summed E-state index contributed by atoms with van der Waals surface area (Å²) in [6.07, 6.45) is 1.94. The van der Waals surface area contributed by atoms with E-state index in [1.807, 2.05) is 18.2 Å². The lowest BCUT2D eigenvalue weighted by atomic mass is 10.1. The summed E-state index contributed by atoms with van der Waals surface area (Å²) in [5.74, 6) is 1.80. The number of benzene rings is 1. The zero-order valence-corrected chi connectivity index (χ0v) is 16.2. The van der Waals surface area contributed by atoms with Gasteiger partial charge in [0.1, 0.15) is 5.75 Å². The smallest absolute Gasteiger partial charge is 0.191 e. The van der Waals surface area contributed by atoms with Crippen LogP contribution in [0.4, 0.5) is 0 Å². The lowest BCUT2D eigenvalue weighted by Crippen LogP contribution is -2.39. The Hall–Kier alpha value is -1.79. The van der Waals surface area contributed by atoms with Crippen LogP contribution < -0.4 is 15.4 Å². The van der Waals surface area contributed by atoms with E-state index in [2.05, 4.69) is 40.6 Å². The first kappa shape index (κ1) is 21.3. The molecule has 0 aliphatic heterocycles. The van der Waals surface area contributed by atoms with Gasteiger partial charge < -0.3 is 25.0 Å². The van der Waals surface area contributed by atoms with Crippen LogP contribution in [-0.4, -0.2) is 71.5 Å². The fraction of sp³-hybridized carbons (Fsp3) is 0.632. The molecule has 142 valence electrons. The number of hydrogen-bond acceptors (Lipinski definition) is 4. The first-order valence-electron chi connectivity index (χ1n) is 9.02. The van der Waals surface area contributed by atoms with Crippen molar-refractivity contribution in [1.29, 1.82) is 0 Å². The number of methoxy groups -OCH3 is 2. The maximum Gasteiger partial charge on any atom is 0.191 e. The minimum absolute atomic E-state index is 0.771. The molecule has 0 bridgehead atoms. The van der Waals surface area contributed by atoms with Gasteiger partial charge in [-0.2, -0.15) is 0 Å². The molecule has 0 saturated carbocycles. The van der Waals surface area contributed by atoms with Crippen LogP contribution in [0.1, 0.15) is 18.9 Å². The molecule has 1 aromatic rings. The lowest BCUT2D eigenvalue weighted by Gasteiger charge is -2.16. The predicted octanol–water partition coefficient (Wildman–Crippen LogP) is 1.76. The third-order valence-corrected chi connectivity index (χ3v) is 3.86. The van der Waals surface area contributed by atoms with Crippen molar-refractivity contribution < 1.29 is 9.47 Å². The summed E-state index contributed by atoms with van der Waals surface area (Å²) in [6.45, 7) is 7.29. The molecule has 0 spiro atoms. The van der Waals surface area contributed by atoms with Gasteiger partial charge >= 0.3 is 0 Å². The topological polar surface area (TPSA) is 58.1 Å². The molecule has 0 unspecified atom stereocenters. The van der Waals surface area contributed by atoms with E-state index in [4.69, 9.17) is 9.47 Å². The molecule has 25 heavy (non-hydrogen) atoms. The predicted molar refractivity (Wildman–Crippen MR) is 105 cm³/mol. The second-order valence-corrected chi connectivity index (χ2v) is 5.90. The van der Waals surface area contributed by atoms with E-state index < -0.39 is 0 Å². The van der Waals surface area contributed by atoms with E-state index in [-0.39, 0.29) is 0 Å². The Morgan fingerprint density at radius 2 is 1.96 bits per heavy atom. The van der Waals surface area contributed by atoms with Crippen LogP contribution in [0, 0.1) is 0 Å². The van der Waals surface area contributed by atoms with Gasteiger partial charge in [0.2, 0.25) is 0 Å². The number of para-hydroxylation sites is 1. The first-order chi connectivity index (χ1) is 12.2. The summed E-state index contributed by atoms with van der Waals surface area (Å²) in [5.41, 5.74) is 1.20. The second kappa shape index (κ2) is 13.5. The summed E-state index contributed by atoms with van der Waals surface area (Å²) in [7, 11) is 5.57. The highest BCUT2D eigenvalue weighted by atomic mass is 16.5. The number of likely N-dealkylation sites (N-methyl/N-ethyl adjacent to an activating group) is 1. The molecule has 0 radical (unpaired) electrons. The molecule has 2 N–H and O–H groups in total. The number of ether oxygens (including phenoxy) is 2. The second-order valence-electron chi connectivity index (χ2n) is 5.90. The average molecular weight is 351 g/mol. The van der Waals surface area contributed by atoms with Crippen molar-refractivity contribution in [3.05, 3.63) is 29.8 Å². The zero-order valence-electron chi connectivity index (χ0n) is 16.2. The monoisotopic (exact) mass is 350 g/mol. The normalized spacial score (nSPS) is 11.6. The van der Waals surface area contributed by atoms with Crippen LogP contribution in [0.15, 0.2) is 29.3 Å². The number of nitrogens with zero attached hydrogens (tertiary/aromatic N) is 2. The van der Waals surface area contributed by atoms with E-state index in [1.54, 1.807) is 14.2 Å². The van der Waals surface area contributed by atoms with Gasteiger partial charge in [-0.1, -0.05) is 18.2 Å². The summed E-state index contributed by atoms with van der Waals surface area (Å²) >= 11 is 0. The van der Waals surface area contributed by atoms with Gasteiger partial charge in [0.05, 0.1) is 13.7 Å². The molecule has 1 rings (SSSR count). The summed E-state index contributed by atoms with van der Waals surface area (Å²) in [6, 6.07) is 8.12. The average Bonchev–Trinajstić information content (AvgIpc) is 2.62. The zero-order chi connectivity index (χ0) is 18.3. The Bertz CT molecular complexity index is 494. The molecule has 0 aliphatic carbocycles. The maximum atomic E-state index is 5.39. The highest BCUT2D eigenvalue weighted by Crippen LogP contribution is 2.17. The maximum absolute atomic E-state index is 5.39. The van der Waals surface area contributed by atoms with E-state index in [1.165, 1.54) is 5.56 Å². The van der Waals surface area contributed by atoms with Gasteiger partial charge in [-0.25, -0.2) is 0 Å². The number of rotatable bonds is 12. The number of guanidine groups is 1. The minimum atomic E-state index is 0.771. The summed E-state index contributed by atoms with van der Waals surface area (Å²) in [4.78, 5) is 6.92. The Morgan fingerprint density at radius 3 is 2.68 bits per heavy atom. The summed E-state index contributed by atoms with van der Waals surface area (Å²) < 4.78 is 10.5. The molecule has 0 fully saturated rings. The van der Waals surface area contributed by atoms with Crippen molar-refractivity contribution in [3.63, 3.8) is 0 Å². The van der Waals surface area contributed by atoms with E-state index in [9.17, 15) is 0 Å². The molecule has 0 heterocycles. The van der Waals surface area contributed by atoms with Crippen molar-refractivity contribution in [2.24, 2.45) is 4.99 Å². The largest absolute Gasteiger partial charge is 0.496 e. The van der Waals surface area contributed by atoms with Crippen molar-refractivity contribution >= 4 is 5.96 Å². The molecule has 0 aromatic heterocycles. The number of aliphatic imine (C=N–C) groups is 1. The molecular formula is C19H34N4O2. The molecule has 0 saturated heterocycles. The number of nitrogens with one attached hydrogen (secondary N) is 2. The Kier molecular flexibility index (Phi) is 11.5. The first-order valence-corrected chi connectivity index (χ1v) is 9.02. The lowest BCUT2D eigenvalue weighted by molar-refractivity contribution is 0.180. The van der Waals surface area contributed by atoms with Gasteiger partial charge in [-0.15, -0.1) is 0 Å². The van der Waals surface area contributed by atoms with E-state index in [0.717, 1.165) is 63.9 Å². The van der Waals surface area contributed by atoms with Gasteiger partial charge in [-0.3, -0.25) is 4.99 Å². The third kappa shape index (κ3) is 9.31. The Labute approximate surface area is 152 Å². The molecule has 1 aromatic carbocycles. The van der Waals surface area contributed by atoms with Crippen LogP contribution in [0.25, 0.3) is 0 Å². The van der Waals surface area contributed by atoms with Crippen LogP contribution in [-0.2, 0) is 11.2 Å². The van der Waals surface area contributed by atoms with Gasteiger partial charge in [-0.05, 0) is 38.4 Å². The standard InChI is InChI=1S/C19H34N4O2/c1-5-20-19(22-13-15-23(2)14-8-16-24-3)21-12-11-17-9-6-7-10-18(17)25-4/h6-7,9-10H,5,8,11-16H2,1-4H3,(H2,20,21,22). The van der Waals surface area contributed by atoms with Crippen LogP contribution in [0.5, 0.6) is 5.75 Å². The van der Waals surface area contributed by atoms with E-state index >= 15 is 0 Å². The van der Waals surface area contributed by atoms with Crippen LogP contribution in [0.3, 0.4) is 0 Å². The molecule has 0 aliphatic rings. The van der Waals surface area contributed by atoms with Gasteiger partial charge in [0, 0.05) is 39.9 Å². The fourth-order valence-electron chi connectivity index (χ4n) is 2.49. The van der Waals surface area contributed by atoms with Crippen LogP contribution in [0.2, 0.25) is 0 Å². The van der Waals surface area contributed by atoms with Crippen LogP contribution >= 0.6 is 0 Å². The Morgan fingerprint density at radius 1 is 1.16 bits per heavy atom. The minimum Gasteiger partial charge on any atom is -0.496 e. The summed E-state index contributed by atoms with van der Waals surface area (Å²) in [5, 5.41) is 6.68. The number of hydrogen-bond donors (Lipinski definition) is 2. The quantitative estimate of drug-likeness (QED) is 0.342. The fourth-order valence-corrected chi connectivity index (χ4v) is 2.49. The molecule has 6 nitrogen and oxygen atoms in total. The SMILES string of the molecule is CCNC(=NCCN(C)CCCOC)NCCc1ccccc1OC. The molecule has 0 atom stereocenters. The van der Waals surface area contributed by atoms with Crippen molar-refractivity contribution in [2.75, 3.05) is 60.6 Å². The Balaban J connectivity index is 2.37. The molecule has 0 amide bonds. The van der Waals surface area contributed by atoms with Gasteiger partial charge in [0.15, 0.2) is 5.96 Å².